The topological polar surface area (TPSA) is 0 Å². The zero-order valence-corrected chi connectivity index (χ0v) is 6.76. The highest BCUT2D eigenvalue weighted by Gasteiger charge is 2.52. The Labute approximate surface area is 76.9 Å². The maximum Gasteiger partial charge on any atom is 0.394 e. The Morgan fingerprint density at radius 1 is 0.769 bits per heavy atom. The molecule has 0 amide bonds. The standard InChI is InChI=1S/C2ClF4S.5FH/c3-1(4,5)2(6,7)8;;;;;/h;5*1H/p-5. The van der Waals surface area contributed by atoms with Crippen LogP contribution in [0.4, 0.5) is 17.6 Å². The molecular formula is C2ClF9S-5. The molecule has 0 aromatic carbocycles. The molecule has 0 atom stereocenters. The third kappa shape index (κ3) is 14.8. The van der Waals surface area contributed by atoms with Crippen molar-refractivity contribution >= 4 is 24.2 Å². The van der Waals surface area contributed by atoms with Gasteiger partial charge in [-0.05, 0) is 24.2 Å². The Hall–Kier alpha value is 0.01000. The maximum absolute atomic E-state index is 11.2. The van der Waals surface area contributed by atoms with E-state index in [-0.39, 0.29) is 23.5 Å². The van der Waals surface area contributed by atoms with E-state index in [0.717, 1.165) is 0 Å². The SMILES string of the molecule is FC(F)([S])C(F)(F)Cl.[F-].[F-].[F-].[F-].[F-]. The molecule has 0 rings (SSSR count). The van der Waals surface area contributed by atoms with Gasteiger partial charge in [0.1, 0.15) is 0 Å². The van der Waals surface area contributed by atoms with Crippen LogP contribution in [-0.2, 0) is 0 Å². The summed E-state index contributed by atoms with van der Waals surface area (Å²) in [6, 6.07) is 0. The second kappa shape index (κ2) is 10.1. The fraction of sp³-hybridized carbons (Fsp3) is 1.00. The smallest absolute Gasteiger partial charge is 0.394 e. The molecule has 0 heterocycles. The van der Waals surface area contributed by atoms with Gasteiger partial charge in [-0.1, -0.05) is 0 Å². The van der Waals surface area contributed by atoms with Crippen LogP contribution in [-0.4, -0.2) is 10.6 Å². The molecule has 0 spiro atoms. The lowest BCUT2D eigenvalue weighted by Crippen LogP contribution is -3.00. The normalized spacial score (nSPS) is 8.77. The summed E-state index contributed by atoms with van der Waals surface area (Å²) in [4.78, 5) is 0. The molecule has 0 aromatic heterocycles. The predicted molar refractivity (Wildman–Crippen MR) is 23.3 cm³/mol. The summed E-state index contributed by atoms with van der Waals surface area (Å²) in [6.07, 6.45) is 0. The molecule has 0 aliphatic carbocycles. The third-order valence-corrected chi connectivity index (χ3v) is 0.936. The molecule has 0 aliphatic rings. The monoisotopic (exact) mass is 262 g/mol. The van der Waals surface area contributed by atoms with E-state index in [4.69, 9.17) is 0 Å². The van der Waals surface area contributed by atoms with Gasteiger partial charge in [-0.25, -0.2) is 0 Å². The van der Waals surface area contributed by atoms with Crippen LogP contribution in [0.1, 0.15) is 0 Å². The number of hydrogen-bond donors (Lipinski definition) is 0. The van der Waals surface area contributed by atoms with Crippen molar-refractivity contribution in [2.75, 3.05) is 0 Å². The molecule has 0 saturated heterocycles. The number of rotatable bonds is 1. The van der Waals surface area contributed by atoms with Crippen LogP contribution >= 0.6 is 24.2 Å². The van der Waals surface area contributed by atoms with Crippen LogP contribution in [0.5, 0.6) is 0 Å². The molecule has 0 bridgehead atoms. The zero-order chi connectivity index (χ0) is 7.00. The van der Waals surface area contributed by atoms with Crippen molar-refractivity contribution in [3.05, 3.63) is 0 Å². The summed E-state index contributed by atoms with van der Waals surface area (Å²) in [5, 5.41) is -9.16. The number of halogens is 10. The van der Waals surface area contributed by atoms with Gasteiger partial charge in [-0.2, -0.15) is 17.6 Å². The van der Waals surface area contributed by atoms with Gasteiger partial charge >= 0.3 is 10.6 Å². The van der Waals surface area contributed by atoms with Gasteiger partial charge < -0.3 is 23.5 Å². The highest BCUT2D eigenvalue weighted by molar-refractivity contribution is 7.81. The lowest BCUT2D eigenvalue weighted by atomic mass is 10.7. The van der Waals surface area contributed by atoms with Crippen LogP contribution in [0, 0.1) is 0 Å². The van der Waals surface area contributed by atoms with Crippen LogP contribution < -0.4 is 23.5 Å². The quantitative estimate of drug-likeness (QED) is 0.325. The van der Waals surface area contributed by atoms with Gasteiger partial charge in [0, 0.05) is 0 Å². The Bertz CT molecular complexity index is 72.6. The number of alkyl halides is 5. The first-order valence-corrected chi connectivity index (χ1v) is 2.19. The summed E-state index contributed by atoms with van der Waals surface area (Å²) < 4.78 is 44.6. The Kier molecular flexibility index (Phi) is 29.6. The first kappa shape index (κ1) is 38.2. The molecule has 0 aromatic rings. The first-order valence-electron chi connectivity index (χ1n) is 1.40. The van der Waals surface area contributed by atoms with Crippen molar-refractivity contribution in [2.24, 2.45) is 0 Å². The second-order valence-corrected chi connectivity index (χ2v) is 2.00. The predicted octanol–water partition coefficient (Wildman–Crippen LogP) is -12.4. The van der Waals surface area contributed by atoms with E-state index in [1.807, 2.05) is 0 Å². The van der Waals surface area contributed by atoms with Gasteiger partial charge in [0.25, 0.3) is 0 Å². The summed E-state index contributed by atoms with van der Waals surface area (Å²) in [6.45, 7) is 0. The molecule has 0 unspecified atom stereocenters. The second-order valence-electron chi connectivity index (χ2n) is 1.01. The van der Waals surface area contributed by atoms with E-state index < -0.39 is 10.6 Å². The lowest BCUT2D eigenvalue weighted by molar-refractivity contribution is -0.0882. The molecule has 1 radical (unpaired) electrons. The van der Waals surface area contributed by atoms with Gasteiger partial charge in [-0.3, -0.25) is 0 Å². The molecule has 11 heteroatoms. The first-order chi connectivity index (χ1) is 3.25. The Morgan fingerprint density at radius 2 is 0.846 bits per heavy atom. The van der Waals surface area contributed by atoms with E-state index in [1.54, 1.807) is 0 Å². The Balaban J connectivity index is -0.0000000245. The molecule has 89 valence electrons. The Morgan fingerprint density at radius 3 is 0.846 bits per heavy atom. The molecule has 0 nitrogen and oxygen atoms in total. The summed E-state index contributed by atoms with van der Waals surface area (Å²) in [5.74, 6) is 0. The van der Waals surface area contributed by atoms with Crippen LogP contribution in [0.25, 0.3) is 0 Å². The molecule has 0 aliphatic heterocycles. The summed E-state index contributed by atoms with van der Waals surface area (Å²) >= 11 is 6.83. The molecule has 0 saturated carbocycles. The fourth-order valence-corrected chi connectivity index (χ4v) is 0. The van der Waals surface area contributed by atoms with Crippen molar-refractivity contribution in [2.45, 2.75) is 10.6 Å². The van der Waals surface area contributed by atoms with E-state index in [0.29, 0.717) is 0 Å². The van der Waals surface area contributed by atoms with Crippen molar-refractivity contribution in [3.63, 3.8) is 0 Å². The highest BCUT2D eigenvalue weighted by atomic mass is 35.5. The molecule has 13 heavy (non-hydrogen) atoms. The van der Waals surface area contributed by atoms with Gasteiger partial charge in [0.15, 0.2) is 0 Å². The number of hydrogen-bond acceptors (Lipinski definition) is 0. The van der Waals surface area contributed by atoms with Crippen molar-refractivity contribution in [3.8, 4) is 0 Å². The van der Waals surface area contributed by atoms with Crippen LogP contribution in [0.15, 0.2) is 0 Å². The van der Waals surface area contributed by atoms with Crippen molar-refractivity contribution in [1.29, 1.82) is 0 Å². The van der Waals surface area contributed by atoms with Gasteiger partial charge in [-0.15, -0.1) is 0 Å². The molecule has 0 N–H and O–H groups in total. The van der Waals surface area contributed by atoms with Crippen molar-refractivity contribution in [1.82, 2.24) is 0 Å². The third-order valence-electron chi connectivity index (χ3n) is 0.330. The average molecular weight is 263 g/mol. The lowest BCUT2D eigenvalue weighted by Gasteiger charge is -2.12. The van der Waals surface area contributed by atoms with Crippen molar-refractivity contribution < 1.29 is 41.1 Å². The van der Waals surface area contributed by atoms with E-state index >= 15 is 0 Å². The summed E-state index contributed by atoms with van der Waals surface area (Å²) in [7, 11) is 0. The highest BCUT2D eigenvalue weighted by Crippen LogP contribution is 2.39. The summed E-state index contributed by atoms with van der Waals surface area (Å²) in [5.41, 5.74) is 0. The maximum atomic E-state index is 11.2. The van der Waals surface area contributed by atoms with E-state index in [2.05, 4.69) is 24.2 Å². The average Bonchev–Trinajstić information content (AvgIpc) is 1.25. The van der Waals surface area contributed by atoms with Gasteiger partial charge in [0.05, 0.1) is 0 Å². The molecular weight excluding hydrogens is 263 g/mol. The fourth-order valence-electron chi connectivity index (χ4n) is 0. The van der Waals surface area contributed by atoms with Gasteiger partial charge in [0.2, 0.25) is 0 Å². The minimum atomic E-state index is -4.61. The van der Waals surface area contributed by atoms with Crippen LogP contribution in [0.2, 0.25) is 0 Å². The zero-order valence-electron chi connectivity index (χ0n) is 5.19. The van der Waals surface area contributed by atoms with E-state index in [1.165, 1.54) is 0 Å². The largest absolute Gasteiger partial charge is 1.00 e. The molecule has 0 fully saturated rings. The minimum Gasteiger partial charge on any atom is -1.00 e. The minimum absolute atomic E-state index is 0. The van der Waals surface area contributed by atoms with E-state index in [9.17, 15) is 17.6 Å². The van der Waals surface area contributed by atoms with Crippen LogP contribution in [0.3, 0.4) is 0 Å².